The number of likely N-dealkylation sites (tertiary alicyclic amines) is 1. The number of carboxylic acid groups (broad SMARTS) is 1. The van der Waals surface area contributed by atoms with Crippen molar-refractivity contribution in [2.24, 2.45) is 5.92 Å². The number of rotatable bonds is 3. The van der Waals surface area contributed by atoms with Gasteiger partial charge in [0.05, 0.1) is 12.5 Å². The highest BCUT2D eigenvalue weighted by atomic mass is 16.4. The number of amides is 1. The van der Waals surface area contributed by atoms with Gasteiger partial charge in [0.1, 0.15) is 5.82 Å². The van der Waals surface area contributed by atoms with Crippen LogP contribution in [0.3, 0.4) is 0 Å². The Hall–Kier alpha value is -1.98. The number of carbonyl (C=O) groups is 2. The molecule has 2 heterocycles. The van der Waals surface area contributed by atoms with E-state index in [2.05, 4.69) is 9.97 Å². The smallest absolute Gasteiger partial charge is 0.308 e. The van der Waals surface area contributed by atoms with Gasteiger partial charge in [0.25, 0.3) is 0 Å². The van der Waals surface area contributed by atoms with E-state index in [0.29, 0.717) is 5.82 Å². The predicted octanol–water partition coefficient (Wildman–Crippen LogP) is -0.0903. The first-order valence-corrected chi connectivity index (χ1v) is 4.93. The van der Waals surface area contributed by atoms with Crippen LogP contribution in [0.25, 0.3) is 0 Å². The fourth-order valence-corrected chi connectivity index (χ4v) is 1.67. The zero-order valence-electron chi connectivity index (χ0n) is 8.54. The maximum Gasteiger partial charge on any atom is 0.308 e. The molecule has 1 N–H and O–H groups in total. The number of carbonyl (C=O) groups excluding carboxylic acids is 1. The number of hydrogen-bond donors (Lipinski definition) is 1. The number of carboxylic acids is 1. The van der Waals surface area contributed by atoms with E-state index in [-0.39, 0.29) is 25.4 Å². The highest BCUT2D eigenvalue weighted by Crippen LogP contribution is 2.19. The summed E-state index contributed by atoms with van der Waals surface area (Å²) in [5.41, 5.74) is 0. The molecule has 1 unspecified atom stereocenters. The largest absolute Gasteiger partial charge is 0.481 e. The van der Waals surface area contributed by atoms with E-state index in [9.17, 15) is 9.59 Å². The van der Waals surface area contributed by atoms with Crippen molar-refractivity contribution in [3.05, 3.63) is 24.3 Å². The zero-order chi connectivity index (χ0) is 11.5. The molecule has 1 amide bonds. The maximum absolute atomic E-state index is 11.5. The highest BCUT2D eigenvalue weighted by molar-refractivity contribution is 5.85. The molecule has 0 spiro atoms. The summed E-state index contributed by atoms with van der Waals surface area (Å²) in [4.78, 5) is 31.7. The van der Waals surface area contributed by atoms with Crippen LogP contribution in [0.1, 0.15) is 12.2 Å². The van der Waals surface area contributed by atoms with Gasteiger partial charge < -0.3 is 10.0 Å². The molecule has 0 radical (unpaired) electrons. The summed E-state index contributed by atoms with van der Waals surface area (Å²) >= 11 is 0. The van der Waals surface area contributed by atoms with Crippen LogP contribution in [0.5, 0.6) is 0 Å². The van der Waals surface area contributed by atoms with Crippen LogP contribution in [0.4, 0.5) is 0 Å². The number of nitrogens with zero attached hydrogens (tertiary/aromatic N) is 3. The zero-order valence-corrected chi connectivity index (χ0v) is 8.54. The first-order valence-electron chi connectivity index (χ1n) is 4.93. The molecule has 1 atom stereocenters. The van der Waals surface area contributed by atoms with Gasteiger partial charge in [0.2, 0.25) is 5.91 Å². The topological polar surface area (TPSA) is 83.4 Å². The van der Waals surface area contributed by atoms with E-state index in [0.717, 1.165) is 0 Å². The van der Waals surface area contributed by atoms with Gasteiger partial charge in [-0.2, -0.15) is 0 Å². The van der Waals surface area contributed by atoms with Crippen LogP contribution in [0.15, 0.2) is 18.5 Å². The van der Waals surface area contributed by atoms with Crippen molar-refractivity contribution in [3.8, 4) is 0 Å². The minimum absolute atomic E-state index is 0.0716. The monoisotopic (exact) mass is 221 g/mol. The lowest BCUT2D eigenvalue weighted by Gasteiger charge is -2.14. The summed E-state index contributed by atoms with van der Waals surface area (Å²) in [6.07, 6.45) is 3.26. The predicted molar refractivity (Wildman–Crippen MR) is 53.2 cm³/mol. The molecule has 0 aliphatic carbocycles. The summed E-state index contributed by atoms with van der Waals surface area (Å²) in [6.45, 7) is 0.524. The van der Waals surface area contributed by atoms with Crippen LogP contribution in [-0.4, -0.2) is 38.4 Å². The fraction of sp³-hybridized carbons (Fsp3) is 0.400. The third-order valence-corrected chi connectivity index (χ3v) is 2.52. The van der Waals surface area contributed by atoms with E-state index >= 15 is 0 Å². The van der Waals surface area contributed by atoms with Gasteiger partial charge in [-0.1, -0.05) is 0 Å². The lowest BCUT2D eigenvalue weighted by atomic mass is 10.1. The molecule has 1 aromatic heterocycles. The second kappa shape index (κ2) is 4.26. The normalized spacial score (nSPS) is 20.1. The van der Waals surface area contributed by atoms with Crippen LogP contribution in [0.2, 0.25) is 0 Å². The first-order chi connectivity index (χ1) is 7.66. The standard InChI is InChI=1S/C10H11N3O3/c14-9-4-7(10(15)16)5-13(9)6-8-11-2-1-3-12-8/h1-3,7H,4-6H2,(H,15,16). The molecule has 1 saturated heterocycles. The Morgan fingerprint density at radius 2 is 2.19 bits per heavy atom. The number of aromatic nitrogens is 2. The SMILES string of the molecule is O=C(O)C1CC(=O)N(Cc2ncccn2)C1. The Bertz CT molecular complexity index is 407. The fourth-order valence-electron chi connectivity index (χ4n) is 1.67. The molecule has 1 aromatic rings. The van der Waals surface area contributed by atoms with Crippen molar-refractivity contribution in [1.29, 1.82) is 0 Å². The second-order valence-electron chi connectivity index (χ2n) is 3.68. The Morgan fingerprint density at radius 3 is 2.75 bits per heavy atom. The van der Waals surface area contributed by atoms with Crippen molar-refractivity contribution in [1.82, 2.24) is 14.9 Å². The molecule has 0 aromatic carbocycles. The summed E-state index contributed by atoms with van der Waals surface area (Å²) in [5.74, 6) is -1.15. The van der Waals surface area contributed by atoms with Gasteiger partial charge in [-0.05, 0) is 6.07 Å². The molecule has 2 rings (SSSR count). The summed E-state index contributed by atoms with van der Waals surface area (Å²) in [5, 5.41) is 8.80. The van der Waals surface area contributed by atoms with Gasteiger partial charge in [0.15, 0.2) is 0 Å². The van der Waals surface area contributed by atoms with E-state index in [1.165, 1.54) is 4.90 Å². The van der Waals surface area contributed by atoms with Crippen molar-refractivity contribution >= 4 is 11.9 Å². The van der Waals surface area contributed by atoms with Crippen LogP contribution < -0.4 is 0 Å². The van der Waals surface area contributed by atoms with Gasteiger partial charge >= 0.3 is 5.97 Å². The van der Waals surface area contributed by atoms with Crippen LogP contribution in [-0.2, 0) is 16.1 Å². The van der Waals surface area contributed by atoms with E-state index in [4.69, 9.17) is 5.11 Å². The van der Waals surface area contributed by atoms with Gasteiger partial charge in [-0.3, -0.25) is 9.59 Å². The van der Waals surface area contributed by atoms with Crippen molar-refractivity contribution in [3.63, 3.8) is 0 Å². The van der Waals surface area contributed by atoms with E-state index < -0.39 is 11.9 Å². The molecule has 1 aliphatic rings. The lowest BCUT2D eigenvalue weighted by molar-refractivity contribution is -0.141. The number of aliphatic carboxylic acids is 1. The molecule has 0 bridgehead atoms. The number of hydrogen-bond acceptors (Lipinski definition) is 4. The summed E-state index contributed by atoms with van der Waals surface area (Å²) in [6, 6.07) is 1.69. The van der Waals surface area contributed by atoms with Crippen molar-refractivity contribution < 1.29 is 14.7 Å². The molecule has 84 valence electrons. The Morgan fingerprint density at radius 1 is 1.50 bits per heavy atom. The molecule has 6 heteroatoms. The van der Waals surface area contributed by atoms with Crippen LogP contribution >= 0.6 is 0 Å². The van der Waals surface area contributed by atoms with Crippen molar-refractivity contribution in [2.75, 3.05) is 6.54 Å². The molecule has 1 fully saturated rings. The lowest BCUT2D eigenvalue weighted by Crippen LogP contribution is -2.26. The molecule has 1 aliphatic heterocycles. The minimum Gasteiger partial charge on any atom is -0.481 e. The van der Waals surface area contributed by atoms with Gasteiger partial charge in [-0.15, -0.1) is 0 Å². The summed E-state index contributed by atoms with van der Waals surface area (Å²) < 4.78 is 0. The van der Waals surface area contributed by atoms with Crippen LogP contribution in [0, 0.1) is 5.92 Å². The molecule has 16 heavy (non-hydrogen) atoms. The third-order valence-electron chi connectivity index (χ3n) is 2.52. The maximum atomic E-state index is 11.5. The van der Waals surface area contributed by atoms with Gasteiger partial charge in [-0.25, -0.2) is 9.97 Å². The first kappa shape index (κ1) is 10.5. The molecular weight excluding hydrogens is 210 g/mol. The molecular formula is C10H11N3O3. The Labute approximate surface area is 91.9 Å². The average Bonchev–Trinajstić information content (AvgIpc) is 2.62. The summed E-state index contributed by atoms with van der Waals surface area (Å²) in [7, 11) is 0. The Balaban J connectivity index is 2.02. The van der Waals surface area contributed by atoms with Gasteiger partial charge in [0, 0.05) is 25.4 Å². The average molecular weight is 221 g/mol. The molecule has 0 saturated carbocycles. The second-order valence-corrected chi connectivity index (χ2v) is 3.68. The quantitative estimate of drug-likeness (QED) is 0.771. The van der Waals surface area contributed by atoms with Crippen molar-refractivity contribution in [2.45, 2.75) is 13.0 Å². The third kappa shape index (κ3) is 2.16. The van der Waals surface area contributed by atoms with E-state index in [1.807, 2.05) is 0 Å². The highest BCUT2D eigenvalue weighted by Gasteiger charge is 2.34. The molecule has 6 nitrogen and oxygen atoms in total. The minimum atomic E-state index is -0.926. The Kier molecular flexibility index (Phi) is 2.80. The van der Waals surface area contributed by atoms with E-state index in [1.54, 1.807) is 18.5 Å².